The van der Waals surface area contributed by atoms with Crippen LogP contribution in [0.25, 0.3) is 0 Å². The molecule has 12 heteroatoms. The van der Waals surface area contributed by atoms with Gasteiger partial charge >= 0.3 is 6.18 Å². The molecule has 154 valence electrons. The number of benzene rings is 2. The molecule has 0 heterocycles. The second-order valence-electron chi connectivity index (χ2n) is 5.69. The summed E-state index contributed by atoms with van der Waals surface area (Å²) in [7, 11) is -6.94. The fourth-order valence-electron chi connectivity index (χ4n) is 2.36. The first-order valence-electron chi connectivity index (χ1n) is 7.70. The minimum absolute atomic E-state index is 0.256. The molecule has 0 saturated heterocycles. The normalized spacial score (nSPS) is 12.9. The minimum Gasteiger partial charge on any atom is -0.218 e. The number of halogens is 4. The van der Waals surface area contributed by atoms with Crippen molar-refractivity contribution in [3.8, 4) is 0 Å². The summed E-state index contributed by atoms with van der Waals surface area (Å²) >= 11 is 5.56. The molecule has 2 aromatic carbocycles. The zero-order valence-electron chi connectivity index (χ0n) is 14.4. The lowest BCUT2D eigenvalue weighted by atomic mass is 10.1. The van der Waals surface area contributed by atoms with E-state index in [1.165, 1.54) is 19.2 Å². The van der Waals surface area contributed by atoms with E-state index >= 15 is 0 Å². The topological polar surface area (TPSA) is 92.3 Å². The van der Waals surface area contributed by atoms with Crippen molar-refractivity contribution in [3.05, 3.63) is 64.2 Å². The Hall–Kier alpha value is -1.66. The van der Waals surface area contributed by atoms with Gasteiger partial charge in [0.1, 0.15) is 0 Å². The Labute approximate surface area is 165 Å². The average Bonchev–Trinajstić information content (AvgIpc) is 2.60. The Kier molecular flexibility index (Phi) is 6.77. The van der Waals surface area contributed by atoms with E-state index in [9.17, 15) is 30.0 Å². The van der Waals surface area contributed by atoms with Crippen molar-refractivity contribution in [2.24, 2.45) is 0 Å². The summed E-state index contributed by atoms with van der Waals surface area (Å²) in [5.74, 6) is -0.407. The number of sulfonamides is 2. The molecular formula is C16H16ClF3N2O4S2. The zero-order chi connectivity index (χ0) is 21.2. The first-order valence-corrected chi connectivity index (χ1v) is 11.2. The summed E-state index contributed by atoms with van der Waals surface area (Å²) in [6, 6.07) is 8.44. The maximum atomic E-state index is 13.2. The van der Waals surface area contributed by atoms with Crippen molar-refractivity contribution >= 4 is 31.6 Å². The lowest BCUT2D eigenvalue weighted by Gasteiger charge is -2.15. The Balaban J connectivity index is 2.34. The van der Waals surface area contributed by atoms with Crippen LogP contribution >= 0.6 is 11.6 Å². The number of hydrogen-bond acceptors (Lipinski definition) is 4. The quantitative estimate of drug-likeness (QED) is 0.670. The lowest BCUT2D eigenvalue weighted by molar-refractivity contribution is -0.139. The van der Waals surface area contributed by atoms with Gasteiger partial charge in [0.15, 0.2) is 0 Å². The predicted octanol–water partition coefficient (Wildman–Crippen LogP) is 2.89. The Morgan fingerprint density at radius 3 is 2.18 bits per heavy atom. The van der Waals surface area contributed by atoms with Crippen LogP contribution < -0.4 is 9.44 Å². The summed E-state index contributed by atoms with van der Waals surface area (Å²) in [5.41, 5.74) is -0.766. The summed E-state index contributed by atoms with van der Waals surface area (Å²) in [4.78, 5) is -0.968. The van der Waals surface area contributed by atoms with Gasteiger partial charge in [-0.05, 0) is 36.4 Å². The number of rotatable bonds is 7. The molecule has 0 aliphatic heterocycles. The van der Waals surface area contributed by atoms with Crippen molar-refractivity contribution in [1.29, 1.82) is 0 Å². The van der Waals surface area contributed by atoms with E-state index in [2.05, 4.69) is 9.44 Å². The summed E-state index contributed by atoms with van der Waals surface area (Å²) < 4.78 is 92.2. The average molecular weight is 457 g/mol. The molecule has 2 rings (SSSR count). The van der Waals surface area contributed by atoms with Crippen molar-refractivity contribution in [2.75, 3.05) is 7.05 Å². The van der Waals surface area contributed by atoms with Gasteiger partial charge in [0.05, 0.1) is 16.2 Å². The smallest absolute Gasteiger partial charge is 0.218 e. The third-order valence-corrected chi connectivity index (χ3v) is 6.77. The highest BCUT2D eigenvalue weighted by Crippen LogP contribution is 2.35. The Morgan fingerprint density at radius 1 is 1.00 bits per heavy atom. The minimum atomic E-state index is -4.92. The molecule has 0 saturated carbocycles. The second-order valence-corrected chi connectivity index (χ2v) is 9.79. The highest BCUT2D eigenvalue weighted by atomic mass is 35.5. The van der Waals surface area contributed by atoms with Gasteiger partial charge in [0.2, 0.25) is 20.0 Å². The SMILES string of the molecule is CNS(=O)(=O)Cc1ccccc1CNS(=O)(=O)c1ccc(Cl)cc1C(F)(F)F. The van der Waals surface area contributed by atoms with Crippen LogP contribution in [0.15, 0.2) is 47.4 Å². The monoisotopic (exact) mass is 456 g/mol. The van der Waals surface area contributed by atoms with Crippen LogP contribution in [0, 0.1) is 0 Å². The fourth-order valence-corrected chi connectivity index (χ4v) is 4.58. The van der Waals surface area contributed by atoms with E-state index in [1.807, 2.05) is 0 Å². The molecular weight excluding hydrogens is 441 g/mol. The van der Waals surface area contributed by atoms with Crippen LogP contribution in [0.1, 0.15) is 16.7 Å². The number of nitrogens with one attached hydrogen (secondary N) is 2. The fraction of sp³-hybridized carbons (Fsp3) is 0.250. The van der Waals surface area contributed by atoms with Crippen LogP contribution in [0.5, 0.6) is 0 Å². The molecule has 0 aliphatic rings. The van der Waals surface area contributed by atoms with E-state index in [0.29, 0.717) is 17.2 Å². The van der Waals surface area contributed by atoms with Crippen LogP contribution in [0.2, 0.25) is 5.02 Å². The molecule has 2 aromatic rings. The lowest BCUT2D eigenvalue weighted by Crippen LogP contribution is -2.27. The third kappa shape index (κ3) is 5.67. The Bertz CT molecular complexity index is 1070. The molecule has 0 spiro atoms. The largest absolute Gasteiger partial charge is 0.417 e. The first-order chi connectivity index (χ1) is 12.9. The van der Waals surface area contributed by atoms with Gasteiger partial charge < -0.3 is 0 Å². The van der Waals surface area contributed by atoms with Crippen molar-refractivity contribution < 1.29 is 30.0 Å². The van der Waals surface area contributed by atoms with E-state index in [4.69, 9.17) is 11.6 Å². The number of alkyl halides is 3. The molecule has 0 amide bonds. The highest BCUT2D eigenvalue weighted by molar-refractivity contribution is 7.89. The third-order valence-electron chi connectivity index (χ3n) is 3.76. The van der Waals surface area contributed by atoms with Gasteiger partial charge in [-0.1, -0.05) is 35.9 Å². The summed E-state index contributed by atoms with van der Waals surface area (Å²) in [5, 5.41) is -0.256. The molecule has 0 aliphatic carbocycles. The first kappa shape index (κ1) is 22.6. The van der Waals surface area contributed by atoms with Gasteiger partial charge in [-0.2, -0.15) is 13.2 Å². The zero-order valence-corrected chi connectivity index (χ0v) is 16.8. The number of hydrogen-bond donors (Lipinski definition) is 2. The molecule has 2 N–H and O–H groups in total. The molecule has 0 bridgehead atoms. The van der Waals surface area contributed by atoms with E-state index < -0.39 is 49.0 Å². The predicted molar refractivity (Wildman–Crippen MR) is 98.6 cm³/mol. The molecule has 0 fully saturated rings. The highest BCUT2D eigenvalue weighted by Gasteiger charge is 2.37. The molecule has 0 radical (unpaired) electrons. The van der Waals surface area contributed by atoms with Crippen molar-refractivity contribution in [1.82, 2.24) is 9.44 Å². The van der Waals surface area contributed by atoms with Crippen molar-refractivity contribution in [2.45, 2.75) is 23.4 Å². The van der Waals surface area contributed by atoms with Crippen LogP contribution in [0.3, 0.4) is 0 Å². The van der Waals surface area contributed by atoms with Crippen LogP contribution in [-0.4, -0.2) is 23.9 Å². The van der Waals surface area contributed by atoms with Gasteiger partial charge in [-0.3, -0.25) is 0 Å². The van der Waals surface area contributed by atoms with E-state index in [-0.39, 0.29) is 5.02 Å². The van der Waals surface area contributed by atoms with Crippen LogP contribution in [-0.2, 0) is 38.5 Å². The Morgan fingerprint density at radius 2 is 1.61 bits per heavy atom. The van der Waals surface area contributed by atoms with Gasteiger partial charge in [0.25, 0.3) is 0 Å². The maximum Gasteiger partial charge on any atom is 0.417 e. The van der Waals surface area contributed by atoms with Gasteiger partial charge in [0, 0.05) is 11.6 Å². The van der Waals surface area contributed by atoms with Crippen molar-refractivity contribution in [3.63, 3.8) is 0 Å². The van der Waals surface area contributed by atoms with Crippen LogP contribution in [0.4, 0.5) is 13.2 Å². The van der Waals surface area contributed by atoms with E-state index in [0.717, 1.165) is 12.1 Å². The van der Waals surface area contributed by atoms with Gasteiger partial charge in [-0.15, -0.1) is 0 Å². The molecule has 6 nitrogen and oxygen atoms in total. The van der Waals surface area contributed by atoms with Gasteiger partial charge in [-0.25, -0.2) is 26.3 Å². The summed E-state index contributed by atoms with van der Waals surface area (Å²) in [6.07, 6.45) is -4.92. The molecule has 0 unspecified atom stereocenters. The molecule has 0 aromatic heterocycles. The van der Waals surface area contributed by atoms with E-state index in [1.54, 1.807) is 12.1 Å². The second kappa shape index (κ2) is 8.37. The molecule has 28 heavy (non-hydrogen) atoms. The molecule has 0 atom stereocenters. The maximum absolute atomic E-state index is 13.2. The standard InChI is InChI=1S/C16H16ClF3N2O4S2/c1-21-27(23,24)10-12-5-3-2-4-11(12)9-22-28(25,26)15-7-6-13(17)8-14(15)16(18,19)20/h2-8,21-22H,9-10H2,1H3. The summed E-state index contributed by atoms with van der Waals surface area (Å²) in [6.45, 7) is -0.391.